The molecule has 0 saturated carbocycles. The molecule has 1 aliphatic rings. The van der Waals surface area contributed by atoms with E-state index in [0.717, 1.165) is 5.56 Å². The summed E-state index contributed by atoms with van der Waals surface area (Å²) in [6.45, 7) is 6.28. The van der Waals surface area contributed by atoms with Crippen molar-refractivity contribution >= 4 is 29.1 Å². The van der Waals surface area contributed by atoms with Crippen LogP contribution in [0.25, 0.3) is 0 Å². The molecule has 0 bridgehead atoms. The summed E-state index contributed by atoms with van der Waals surface area (Å²) in [6, 6.07) is 5.27. The van der Waals surface area contributed by atoms with Crippen LogP contribution in [0.3, 0.4) is 0 Å². The molecule has 1 amide bonds. The van der Waals surface area contributed by atoms with Gasteiger partial charge in [-0.1, -0.05) is 29.3 Å². The van der Waals surface area contributed by atoms with Crippen LogP contribution in [0, 0.1) is 0 Å². The molecular formula is C15H20Cl2N2O2. The Labute approximate surface area is 135 Å². The van der Waals surface area contributed by atoms with Gasteiger partial charge in [-0.15, -0.1) is 0 Å². The van der Waals surface area contributed by atoms with Crippen LogP contribution in [-0.4, -0.2) is 42.6 Å². The lowest BCUT2D eigenvalue weighted by Crippen LogP contribution is -2.53. The third-order valence-electron chi connectivity index (χ3n) is 3.46. The lowest BCUT2D eigenvalue weighted by Gasteiger charge is -2.32. The third kappa shape index (κ3) is 4.33. The highest BCUT2D eigenvalue weighted by molar-refractivity contribution is 6.42. The van der Waals surface area contributed by atoms with Crippen LogP contribution in [0.4, 0.5) is 0 Å². The van der Waals surface area contributed by atoms with Gasteiger partial charge in [0.1, 0.15) is 6.04 Å². The Bertz CT molecular complexity index is 502. The van der Waals surface area contributed by atoms with E-state index >= 15 is 0 Å². The number of hydrogen-bond donors (Lipinski definition) is 1. The zero-order valence-electron chi connectivity index (χ0n) is 12.2. The molecule has 1 heterocycles. The number of hydrogen-bond acceptors (Lipinski definition) is 3. The minimum absolute atomic E-state index is 0.0516. The zero-order valence-corrected chi connectivity index (χ0v) is 13.7. The molecular weight excluding hydrogens is 311 g/mol. The first kappa shape index (κ1) is 16.6. The van der Waals surface area contributed by atoms with Gasteiger partial charge in [0.15, 0.2) is 0 Å². The Morgan fingerprint density at radius 3 is 2.76 bits per heavy atom. The van der Waals surface area contributed by atoms with E-state index in [4.69, 9.17) is 27.9 Å². The van der Waals surface area contributed by atoms with Crippen molar-refractivity contribution < 1.29 is 9.53 Å². The quantitative estimate of drug-likeness (QED) is 0.922. The van der Waals surface area contributed by atoms with Gasteiger partial charge >= 0.3 is 0 Å². The zero-order chi connectivity index (χ0) is 15.4. The van der Waals surface area contributed by atoms with Gasteiger partial charge in [0.05, 0.1) is 23.3 Å². The monoisotopic (exact) mass is 330 g/mol. The number of halogens is 2. The van der Waals surface area contributed by atoms with Crippen molar-refractivity contribution in [1.29, 1.82) is 0 Å². The fourth-order valence-corrected chi connectivity index (χ4v) is 2.59. The standard InChI is InChI=1S/C15H20Cl2N2O2/c1-10(2)19(15(20)14-9-21-6-5-18-14)8-11-3-4-12(16)13(17)7-11/h3-4,7,10,14,18H,5-6,8-9H2,1-2H3. The number of carbonyl (C=O) groups excluding carboxylic acids is 1. The molecule has 1 atom stereocenters. The fourth-order valence-electron chi connectivity index (χ4n) is 2.27. The van der Waals surface area contributed by atoms with Crippen molar-refractivity contribution in [1.82, 2.24) is 10.2 Å². The van der Waals surface area contributed by atoms with Gasteiger partial charge in [-0.25, -0.2) is 0 Å². The molecule has 2 rings (SSSR count). The smallest absolute Gasteiger partial charge is 0.242 e. The summed E-state index contributed by atoms with van der Waals surface area (Å²) in [5.41, 5.74) is 0.961. The van der Waals surface area contributed by atoms with Crippen LogP contribution in [-0.2, 0) is 16.1 Å². The second-order valence-corrected chi connectivity index (χ2v) is 6.20. The molecule has 1 unspecified atom stereocenters. The average molecular weight is 331 g/mol. The van der Waals surface area contributed by atoms with Crippen LogP contribution >= 0.6 is 23.2 Å². The second kappa shape index (κ2) is 7.45. The van der Waals surface area contributed by atoms with Crippen molar-refractivity contribution in [2.24, 2.45) is 0 Å². The molecule has 0 aliphatic carbocycles. The van der Waals surface area contributed by atoms with Gasteiger partial charge in [-0.2, -0.15) is 0 Å². The highest BCUT2D eigenvalue weighted by atomic mass is 35.5. The Morgan fingerprint density at radius 2 is 2.19 bits per heavy atom. The first-order valence-electron chi connectivity index (χ1n) is 7.04. The maximum Gasteiger partial charge on any atom is 0.242 e. The molecule has 21 heavy (non-hydrogen) atoms. The van der Waals surface area contributed by atoms with Gasteiger partial charge < -0.3 is 15.0 Å². The molecule has 1 aromatic carbocycles. The Hall–Kier alpha value is -0.810. The predicted octanol–water partition coefficient (Wildman–Crippen LogP) is 2.72. The summed E-state index contributed by atoms with van der Waals surface area (Å²) >= 11 is 12.0. The topological polar surface area (TPSA) is 41.6 Å². The molecule has 1 N–H and O–H groups in total. The summed E-state index contributed by atoms with van der Waals surface area (Å²) in [6.07, 6.45) is 0. The Morgan fingerprint density at radius 1 is 1.43 bits per heavy atom. The minimum Gasteiger partial charge on any atom is -0.378 e. The van der Waals surface area contributed by atoms with Crippen molar-refractivity contribution in [3.8, 4) is 0 Å². The van der Waals surface area contributed by atoms with Crippen LogP contribution in [0.2, 0.25) is 10.0 Å². The van der Waals surface area contributed by atoms with Gasteiger partial charge in [0.25, 0.3) is 0 Å². The number of ether oxygens (including phenoxy) is 1. The van der Waals surface area contributed by atoms with E-state index in [9.17, 15) is 4.79 Å². The molecule has 6 heteroatoms. The summed E-state index contributed by atoms with van der Waals surface area (Å²) in [5.74, 6) is 0.0516. The second-order valence-electron chi connectivity index (χ2n) is 5.39. The van der Waals surface area contributed by atoms with Crippen LogP contribution < -0.4 is 5.32 Å². The number of benzene rings is 1. The van der Waals surface area contributed by atoms with Gasteiger partial charge in [-0.3, -0.25) is 4.79 Å². The van der Waals surface area contributed by atoms with E-state index in [1.807, 2.05) is 24.8 Å². The van der Waals surface area contributed by atoms with Gasteiger partial charge in [0, 0.05) is 19.1 Å². The van der Waals surface area contributed by atoms with Gasteiger partial charge in [-0.05, 0) is 31.5 Å². The number of nitrogens with zero attached hydrogens (tertiary/aromatic N) is 1. The maximum absolute atomic E-state index is 12.6. The fraction of sp³-hybridized carbons (Fsp3) is 0.533. The molecule has 1 fully saturated rings. The number of carbonyl (C=O) groups is 1. The van der Waals surface area contributed by atoms with E-state index in [1.54, 1.807) is 12.1 Å². The number of amides is 1. The van der Waals surface area contributed by atoms with Crippen LogP contribution in [0.1, 0.15) is 19.4 Å². The molecule has 4 nitrogen and oxygen atoms in total. The Balaban J connectivity index is 2.10. The molecule has 116 valence electrons. The lowest BCUT2D eigenvalue weighted by atomic mass is 10.1. The SMILES string of the molecule is CC(C)N(Cc1ccc(Cl)c(Cl)c1)C(=O)C1COCCN1. The van der Waals surface area contributed by atoms with Crippen molar-refractivity contribution in [2.45, 2.75) is 32.5 Å². The Kier molecular flexibility index (Phi) is 5.88. The molecule has 1 saturated heterocycles. The van der Waals surface area contributed by atoms with Crippen LogP contribution in [0.15, 0.2) is 18.2 Å². The van der Waals surface area contributed by atoms with E-state index in [1.165, 1.54) is 0 Å². The lowest BCUT2D eigenvalue weighted by molar-refractivity contribution is -0.138. The third-order valence-corrected chi connectivity index (χ3v) is 4.20. The summed E-state index contributed by atoms with van der Waals surface area (Å²) in [5, 5.41) is 4.22. The number of morpholine rings is 1. The highest BCUT2D eigenvalue weighted by Gasteiger charge is 2.27. The van der Waals surface area contributed by atoms with E-state index in [-0.39, 0.29) is 18.0 Å². The molecule has 0 radical (unpaired) electrons. The van der Waals surface area contributed by atoms with Gasteiger partial charge in [0.2, 0.25) is 5.91 Å². The summed E-state index contributed by atoms with van der Waals surface area (Å²) < 4.78 is 5.37. The van der Waals surface area contributed by atoms with E-state index < -0.39 is 0 Å². The highest BCUT2D eigenvalue weighted by Crippen LogP contribution is 2.23. The first-order valence-corrected chi connectivity index (χ1v) is 7.80. The van der Waals surface area contributed by atoms with Crippen molar-refractivity contribution in [3.63, 3.8) is 0 Å². The maximum atomic E-state index is 12.6. The molecule has 1 aliphatic heterocycles. The summed E-state index contributed by atoms with van der Waals surface area (Å²) in [7, 11) is 0. The normalized spacial score (nSPS) is 18.8. The predicted molar refractivity (Wildman–Crippen MR) is 84.8 cm³/mol. The average Bonchev–Trinajstić information content (AvgIpc) is 2.48. The largest absolute Gasteiger partial charge is 0.378 e. The van der Waals surface area contributed by atoms with Crippen molar-refractivity contribution in [3.05, 3.63) is 33.8 Å². The molecule has 0 aromatic heterocycles. The molecule has 0 spiro atoms. The van der Waals surface area contributed by atoms with Crippen LogP contribution in [0.5, 0.6) is 0 Å². The minimum atomic E-state index is -0.274. The van der Waals surface area contributed by atoms with E-state index in [2.05, 4.69) is 5.32 Å². The number of rotatable bonds is 4. The number of nitrogens with one attached hydrogen (secondary N) is 1. The summed E-state index contributed by atoms with van der Waals surface area (Å²) in [4.78, 5) is 14.4. The van der Waals surface area contributed by atoms with E-state index in [0.29, 0.717) is 36.3 Å². The first-order chi connectivity index (χ1) is 9.99. The molecule has 1 aromatic rings. The van der Waals surface area contributed by atoms with Crippen molar-refractivity contribution in [2.75, 3.05) is 19.8 Å².